The van der Waals surface area contributed by atoms with E-state index < -0.39 is 8.24 Å². The molecule has 3 atom stereocenters. The van der Waals surface area contributed by atoms with Gasteiger partial charge in [-0.2, -0.15) is 0 Å². The summed E-state index contributed by atoms with van der Waals surface area (Å²) in [5.74, 6) is 0. The predicted molar refractivity (Wildman–Crippen MR) is 78.6 cm³/mol. The Balaban J connectivity index is 5.38. The van der Waals surface area contributed by atoms with Crippen molar-refractivity contribution in [1.29, 1.82) is 0 Å². The minimum absolute atomic E-state index is 0.896. The lowest BCUT2D eigenvalue weighted by molar-refractivity contribution is 0.510. The zero-order valence-electron chi connectivity index (χ0n) is 12.8. The Kier molecular flexibility index (Phi) is 6.88. The molecule has 0 spiro atoms. The fourth-order valence-corrected chi connectivity index (χ4v) is 11.3. The van der Waals surface area contributed by atoms with Crippen LogP contribution in [0.4, 0.5) is 0 Å². The summed E-state index contributed by atoms with van der Waals surface area (Å²) in [5, 5.41) is 0. The molecule has 2 heteroatoms. The van der Waals surface area contributed by atoms with Crippen LogP contribution in [0.1, 0.15) is 60.8 Å². The van der Waals surface area contributed by atoms with Gasteiger partial charge in [-0.25, -0.2) is 0 Å². The number of rotatable bonds is 7. The highest BCUT2D eigenvalue weighted by Crippen LogP contribution is 2.47. The largest absolute Gasteiger partial charge is 0.328 e. The zero-order valence-corrected chi connectivity index (χ0v) is 13.8. The van der Waals surface area contributed by atoms with E-state index in [4.69, 9.17) is 0 Å². The van der Waals surface area contributed by atoms with Gasteiger partial charge in [-0.3, -0.25) is 0 Å². The molecule has 0 bridgehead atoms. The van der Waals surface area contributed by atoms with Crippen molar-refractivity contribution in [3.63, 3.8) is 0 Å². The first-order valence-corrected chi connectivity index (χ1v) is 9.24. The van der Waals surface area contributed by atoms with Crippen molar-refractivity contribution < 1.29 is 0 Å². The van der Waals surface area contributed by atoms with E-state index >= 15 is 0 Å². The minimum Gasteiger partial charge on any atom is -0.328 e. The van der Waals surface area contributed by atoms with Crippen LogP contribution >= 0.6 is 0 Å². The molecule has 0 fully saturated rings. The van der Waals surface area contributed by atoms with Gasteiger partial charge in [0.05, 0.1) is 0 Å². The molecular weight excluding hydrogens is 210 g/mol. The van der Waals surface area contributed by atoms with E-state index in [1.165, 1.54) is 19.3 Å². The van der Waals surface area contributed by atoms with Gasteiger partial charge in [0.25, 0.3) is 0 Å². The number of hydrogen-bond acceptors (Lipinski definition) is 1. The Morgan fingerprint density at radius 1 is 0.750 bits per heavy atom. The van der Waals surface area contributed by atoms with Crippen LogP contribution in [0.5, 0.6) is 0 Å². The first kappa shape index (κ1) is 16.2. The Labute approximate surface area is 105 Å². The zero-order chi connectivity index (χ0) is 12.9. The van der Waals surface area contributed by atoms with Gasteiger partial charge in [0.2, 0.25) is 0 Å². The molecule has 0 heterocycles. The lowest BCUT2D eigenvalue weighted by atomic mass is 10.3. The van der Waals surface area contributed by atoms with Crippen LogP contribution in [0.15, 0.2) is 0 Å². The molecule has 0 aliphatic carbocycles. The van der Waals surface area contributed by atoms with E-state index in [2.05, 4.69) is 60.2 Å². The predicted octanol–water partition coefficient (Wildman–Crippen LogP) is 4.89. The van der Waals surface area contributed by atoms with Crippen molar-refractivity contribution in [3.05, 3.63) is 0 Å². The van der Waals surface area contributed by atoms with E-state index in [9.17, 15) is 0 Å². The minimum atomic E-state index is -1.35. The van der Waals surface area contributed by atoms with Gasteiger partial charge < -0.3 is 4.57 Å². The van der Waals surface area contributed by atoms with Gasteiger partial charge in [0, 0.05) is 0 Å². The van der Waals surface area contributed by atoms with Crippen molar-refractivity contribution in [3.8, 4) is 0 Å². The third-order valence-corrected chi connectivity index (χ3v) is 12.5. The van der Waals surface area contributed by atoms with Crippen molar-refractivity contribution in [2.24, 2.45) is 0 Å². The van der Waals surface area contributed by atoms with Gasteiger partial charge in [-0.15, -0.1) is 0 Å². The summed E-state index contributed by atoms with van der Waals surface area (Å²) in [6.07, 6.45) is 4.00. The highest BCUT2D eigenvalue weighted by Gasteiger charge is 2.48. The molecule has 0 aromatic carbocycles. The lowest BCUT2D eigenvalue weighted by Crippen LogP contribution is -2.58. The van der Waals surface area contributed by atoms with E-state index in [0.717, 1.165) is 16.6 Å². The van der Waals surface area contributed by atoms with Gasteiger partial charge in [0.15, 0.2) is 0 Å². The third kappa shape index (κ3) is 2.70. The monoisotopic (exact) mass is 243 g/mol. The smallest absolute Gasteiger partial charge is 0.136 e. The Morgan fingerprint density at radius 2 is 1.00 bits per heavy atom. The standard InChI is InChI=1S/C14H33NSi/c1-9-12(4)16(15(7)8,13(5)10-2)14(6)11-3/h12-14H,9-11H2,1-8H3. The molecule has 0 aromatic rings. The average molecular weight is 244 g/mol. The van der Waals surface area contributed by atoms with Gasteiger partial charge >= 0.3 is 0 Å². The molecule has 16 heavy (non-hydrogen) atoms. The van der Waals surface area contributed by atoms with E-state index in [-0.39, 0.29) is 0 Å². The van der Waals surface area contributed by atoms with Gasteiger partial charge in [-0.1, -0.05) is 60.8 Å². The van der Waals surface area contributed by atoms with E-state index in [1.807, 2.05) is 0 Å². The van der Waals surface area contributed by atoms with Crippen LogP contribution in [0.3, 0.4) is 0 Å². The molecule has 0 saturated carbocycles. The molecule has 1 nitrogen and oxygen atoms in total. The lowest BCUT2D eigenvalue weighted by Gasteiger charge is -2.50. The summed E-state index contributed by atoms with van der Waals surface area (Å²) in [6.45, 7) is 14.6. The molecule has 0 aliphatic rings. The highest BCUT2D eigenvalue weighted by molar-refractivity contribution is 6.81. The SMILES string of the molecule is CCC(C)[Si](C(C)CC)(C(C)CC)N(C)C. The van der Waals surface area contributed by atoms with Crippen LogP contribution in [0, 0.1) is 0 Å². The maximum Gasteiger partial charge on any atom is 0.136 e. The second-order valence-corrected chi connectivity index (χ2v) is 11.3. The quantitative estimate of drug-likeness (QED) is 0.575. The van der Waals surface area contributed by atoms with Crippen molar-refractivity contribution in [2.45, 2.75) is 77.4 Å². The molecule has 0 aliphatic heterocycles. The summed E-state index contributed by atoms with van der Waals surface area (Å²) in [7, 11) is 3.31. The van der Waals surface area contributed by atoms with Gasteiger partial charge in [0.1, 0.15) is 8.24 Å². The number of nitrogens with zero attached hydrogens (tertiary/aromatic N) is 1. The van der Waals surface area contributed by atoms with Crippen LogP contribution in [0.2, 0.25) is 16.6 Å². The first-order chi connectivity index (χ1) is 7.39. The van der Waals surface area contributed by atoms with Gasteiger partial charge in [-0.05, 0) is 30.7 Å². The normalized spacial score (nSPS) is 21.6. The fraction of sp³-hybridized carbons (Fsp3) is 1.00. The summed E-state index contributed by atoms with van der Waals surface area (Å²) in [6, 6.07) is 0. The van der Waals surface area contributed by atoms with Crippen LogP contribution < -0.4 is 0 Å². The molecule has 0 rings (SSSR count). The fourth-order valence-electron chi connectivity index (χ4n) is 3.76. The molecule has 98 valence electrons. The van der Waals surface area contributed by atoms with Crippen molar-refractivity contribution in [2.75, 3.05) is 14.1 Å². The van der Waals surface area contributed by atoms with Crippen LogP contribution in [-0.4, -0.2) is 26.9 Å². The summed E-state index contributed by atoms with van der Waals surface area (Å²) < 4.78 is 2.64. The maximum atomic E-state index is 2.64. The summed E-state index contributed by atoms with van der Waals surface area (Å²) in [5.41, 5.74) is 2.69. The Morgan fingerprint density at radius 3 is 1.12 bits per heavy atom. The van der Waals surface area contributed by atoms with E-state index in [1.54, 1.807) is 0 Å². The van der Waals surface area contributed by atoms with Crippen LogP contribution in [0.25, 0.3) is 0 Å². The van der Waals surface area contributed by atoms with E-state index in [0.29, 0.717) is 0 Å². The second-order valence-electron chi connectivity index (χ2n) is 5.71. The highest BCUT2D eigenvalue weighted by atomic mass is 28.3. The molecular formula is C14H33NSi. The first-order valence-electron chi connectivity index (χ1n) is 7.06. The van der Waals surface area contributed by atoms with Crippen molar-refractivity contribution >= 4 is 8.24 Å². The average Bonchev–Trinajstić information content (AvgIpc) is 2.28. The molecule has 0 radical (unpaired) electrons. The molecule has 0 N–H and O–H groups in total. The third-order valence-electron chi connectivity index (χ3n) is 4.98. The molecule has 0 saturated heterocycles. The summed E-state index contributed by atoms with van der Waals surface area (Å²) >= 11 is 0. The molecule has 3 unspecified atom stereocenters. The topological polar surface area (TPSA) is 3.24 Å². The second kappa shape index (κ2) is 6.80. The molecule has 0 amide bonds. The van der Waals surface area contributed by atoms with Crippen LogP contribution in [-0.2, 0) is 0 Å². The van der Waals surface area contributed by atoms with Crippen molar-refractivity contribution in [1.82, 2.24) is 4.57 Å². The summed E-state index contributed by atoms with van der Waals surface area (Å²) in [4.78, 5) is 0. The molecule has 0 aromatic heterocycles. The maximum absolute atomic E-state index is 2.64. The number of hydrogen-bond donors (Lipinski definition) is 0. The Bertz CT molecular complexity index is 165. The Hall–Kier alpha value is 0.177.